The Hall–Kier alpha value is -0.320. The van der Waals surface area contributed by atoms with Gasteiger partial charge in [0, 0.05) is 0 Å². The van der Waals surface area contributed by atoms with Gasteiger partial charge in [-0.25, -0.2) is 7.84 Å². The zero-order chi connectivity index (χ0) is 8.10. The molecule has 0 radical (unpaired) electrons. The molecule has 60 valence electrons. The normalized spacial score (nSPS) is 12.8. The van der Waals surface area contributed by atoms with E-state index >= 15 is 0 Å². The Balaban J connectivity index is 2.58. The minimum Gasteiger partial charge on any atom is -0.228 e. The van der Waals surface area contributed by atoms with Crippen molar-refractivity contribution in [3.63, 3.8) is 0 Å². The molecule has 0 heterocycles. The number of benzene rings is 1. The summed E-state index contributed by atoms with van der Waals surface area (Å²) in [7, 11) is 0. The SMILES string of the molecule is O=S(Cc1ccccc1)OS. The maximum atomic E-state index is 10.8. The quantitative estimate of drug-likeness (QED) is 0.577. The Morgan fingerprint density at radius 3 is 2.55 bits per heavy atom. The van der Waals surface area contributed by atoms with Crippen LogP contribution >= 0.6 is 12.9 Å². The summed E-state index contributed by atoms with van der Waals surface area (Å²) in [4.78, 5) is 0. The van der Waals surface area contributed by atoms with Gasteiger partial charge in [-0.1, -0.05) is 30.3 Å². The number of thiol groups is 1. The van der Waals surface area contributed by atoms with Crippen LogP contribution in [0.1, 0.15) is 5.56 Å². The van der Waals surface area contributed by atoms with Gasteiger partial charge < -0.3 is 0 Å². The first-order valence-corrected chi connectivity index (χ1v) is 4.68. The van der Waals surface area contributed by atoms with Crippen LogP contribution in [0.4, 0.5) is 0 Å². The minimum absolute atomic E-state index is 0.393. The van der Waals surface area contributed by atoms with Crippen molar-refractivity contribution in [1.82, 2.24) is 0 Å². The first-order valence-electron chi connectivity index (χ1n) is 3.07. The molecule has 0 aliphatic carbocycles. The molecule has 1 aromatic rings. The second kappa shape index (κ2) is 4.54. The molecule has 2 nitrogen and oxygen atoms in total. The molecule has 0 aromatic heterocycles. The van der Waals surface area contributed by atoms with E-state index in [4.69, 9.17) is 0 Å². The number of rotatable bonds is 3. The predicted octanol–water partition coefficient (Wildman–Crippen LogP) is 1.71. The topological polar surface area (TPSA) is 26.3 Å². The zero-order valence-corrected chi connectivity index (χ0v) is 7.48. The molecule has 11 heavy (non-hydrogen) atoms. The monoisotopic (exact) mass is 188 g/mol. The molecule has 0 amide bonds. The van der Waals surface area contributed by atoms with Crippen LogP contribution < -0.4 is 0 Å². The van der Waals surface area contributed by atoms with E-state index < -0.39 is 11.1 Å². The second-order valence-corrected chi connectivity index (χ2v) is 3.50. The maximum absolute atomic E-state index is 10.8. The van der Waals surface area contributed by atoms with E-state index in [0.717, 1.165) is 5.56 Å². The summed E-state index contributed by atoms with van der Waals surface area (Å²) in [6.45, 7) is 0. The van der Waals surface area contributed by atoms with Crippen molar-refractivity contribution in [2.75, 3.05) is 0 Å². The Morgan fingerprint density at radius 2 is 2.00 bits per heavy atom. The fourth-order valence-corrected chi connectivity index (χ4v) is 1.41. The summed E-state index contributed by atoms with van der Waals surface area (Å²) >= 11 is 2.13. The third-order valence-corrected chi connectivity index (χ3v) is 2.44. The molecular formula is C7H8O2S2. The van der Waals surface area contributed by atoms with E-state index in [-0.39, 0.29) is 0 Å². The largest absolute Gasteiger partial charge is 0.228 e. The molecule has 0 bridgehead atoms. The molecule has 0 fully saturated rings. The van der Waals surface area contributed by atoms with Gasteiger partial charge in [0.25, 0.3) is 0 Å². The van der Waals surface area contributed by atoms with Gasteiger partial charge in [0.05, 0.1) is 5.75 Å². The van der Waals surface area contributed by atoms with Gasteiger partial charge in [-0.2, -0.15) is 0 Å². The van der Waals surface area contributed by atoms with E-state index in [1.54, 1.807) is 0 Å². The Morgan fingerprint density at radius 1 is 1.36 bits per heavy atom. The molecule has 0 aliphatic rings. The molecule has 4 heteroatoms. The Bertz CT molecular complexity index is 235. The van der Waals surface area contributed by atoms with E-state index in [0.29, 0.717) is 5.75 Å². The summed E-state index contributed by atoms with van der Waals surface area (Å²) in [6.07, 6.45) is 0. The van der Waals surface area contributed by atoms with Gasteiger partial charge in [-0.15, -0.1) is 0 Å². The van der Waals surface area contributed by atoms with E-state index in [2.05, 4.69) is 16.5 Å². The third-order valence-electron chi connectivity index (χ3n) is 1.21. The standard InChI is InChI=1S/C7H8O2S2/c8-11(9-10)6-7-4-2-1-3-5-7/h1-5,10H,6H2. The lowest BCUT2D eigenvalue weighted by Crippen LogP contribution is -1.93. The fraction of sp³-hybridized carbons (Fsp3) is 0.143. The lowest BCUT2D eigenvalue weighted by Gasteiger charge is -1.96. The van der Waals surface area contributed by atoms with Crippen LogP contribution in [0.25, 0.3) is 0 Å². The van der Waals surface area contributed by atoms with Crippen molar-refractivity contribution in [3.05, 3.63) is 35.9 Å². The van der Waals surface area contributed by atoms with Gasteiger partial charge in [-0.05, 0) is 18.5 Å². The summed E-state index contributed by atoms with van der Waals surface area (Å²) in [5, 5.41) is 0. The van der Waals surface area contributed by atoms with Gasteiger partial charge in [0.2, 0.25) is 0 Å². The molecule has 0 N–H and O–H groups in total. The van der Waals surface area contributed by atoms with Gasteiger partial charge in [-0.3, -0.25) is 0 Å². The summed E-state index contributed by atoms with van der Waals surface area (Å²) in [6, 6.07) is 9.49. The Labute approximate surface area is 73.9 Å². The van der Waals surface area contributed by atoms with Crippen LogP contribution in [0.3, 0.4) is 0 Å². The van der Waals surface area contributed by atoms with E-state index in [9.17, 15) is 4.21 Å². The second-order valence-electron chi connectivity index (χ2n) is 2.01. The van der Waals surface area contributed by atoms with Crippen LogP contribution in [-0.2, 0) is 20.5 Å². The van der Waals surface area contributed by atoms with Gasteiger partial charge in [0.15, 0.2) is 11.1 Å². The minimum atomic E-state index is -1.31. The highest BCUT2D eigenvalue weighted by Gasteiger charge is 1.98. The van der Waals surface area contributed by atoms with Crippen LogP contribution in [0.5, 0.6) is 0 Å². The molecule has 0 saturated carbocycles. The lowest BCUT2D eigenvalue weighted by atomic mass is 10.2. The van der Waals surface area contributed by atoms with E-state index in [1.165, 1.54) is 0 Å². The molecule has 0 saturated heterocycles. The average Bonchev–Trinajstić information content (AvgIpc) is 2.06. The third kappa shape index (κ3) is 3.05. The van der Waals surface area contributed by atoms with Gasteiger partial charge in [0.1, 0.15) is 0 Å². The van der Waals surface area contributed by atoms with Crippen molar-refractivity contribution >= 4 is 24.0 Å². The molecule has 0 spiro atoms. The predicted molar refractivity (Wildman–Crippen MR) is 48.4 cm³/mol. The zero-order valence-electron chi connectivity index (χ0n) is 5.77. The molecule has 1 atom stereocenters. The van der Waals surface area contributed by atoms with Crippen LogP contribution in [0.15, 0.2) is 30.3 Å². The smallest absolute Gasteiger partial charge is 0.171 e. The lowest BCUT2D eigenvalue weighted by molar-refractivity contribution is 0.613. The average molecular weight is 188 g/mol. The van der Waals surface area contributed by atoms with Crippen molar-refractivity contribution in [2.24, 2.45) is 0 Å². The molecular weight excluding hydrogens is 180 g/mol. The Kier molecular flexibility index (Phi) is 3.62. The summed E-state index contributed by atoms with van der Waals surface area (Å²) < 4.78 is 15.1. The maximum Gasteiger partial charge on any atom is 0.171 e. The van der Waals surface area contributed by atoms with Crippen molar-refractivity contribution in [1.29, 1.82) is 0 Å². The molecule has 1 aromatic carbocycles. The first kappa shape index (κ1) is 8.77. The van der Waals surface area contributed by atoms with Crippen molar-refractivity contribution in [2.45, 2.75) is 5.75 Å². The van der Waals surface area contributed by atoms with E-state index in [1.807, 2.05) is 30.3 Å². The summed E-state index contributed by atoms with van der Waals surface area (Å²) in [5.74, 6) is 0.393. The first-order chi connectivity index (χ1) is 5.33. The van der Waals surface area contributed by atoms with Crippen LogP contribution in [-0.4, -0.2) is 4.21 Å². The highest BCUT2D eigenvalue weighted by Crippen LogP contribution is 2.03. The molecule has 0 aliphatic heterocycles. The highest BCUT2D eigenvalue weighted by atomic mass is 32.2. The fourth-order valence-electron chi connectivity index (χ4n) is 0.737. The number of hydrogen-bond donors (Lipinski definition) is 1. The molecule has 1 rings (SSSR count). The number of hydrogen-bond acceptors (Lipinski definition) is 3. The van der Waals surface area contributed by atoms with Crippen molar-refractivity contribution < 1.29 is 7.84 Å². The van der Waals surface area contributed by atoms with Gasteiger partial charge >= 0.3 is 0 Å². The molecule has 1 unspecified atom stereocenters. The van der Waals surface area contributed by atoms with Crippen LogP contribution in [0.2, 0.25) is 0 Å². The highest BCUT2D eigenvalue weighted by molar-refractivity contribution is 7.91. The van der Waals surface area contributed by atoms with Crippen molar-refractivity contribution in [3.8, 4) is 0 Å². The summed E-state index contributed by atoms with van der Waals surface area (Å²) in [5.41, 5.74) is 0.986. The van der Waals surface area contributed by atoms with Crippen LogP contribution in [0, 0.1) is 0 Å².